The number of rotatable bonds is 9. The maximum absolute atomic E-state index is 15.0. The Morgan fingerprint density at radius 1 is 1.21 bits per heavy atom. The second-order valence-corrected chi connectivity index (χ2v) is 8.73. The van der Waals surface area contributed by atoms with Crippen molar-refractivity contribution in [1.29, 1.82) is 0 Å². The number of hydrogen-bond donors (Lipinski definition) is 3. The number of aromatic nitrogens is 3. The van der Waals surface area contributed by atoms with Crippen LogP contribution in [0.2, 0.25) is 0 Å². The van der Waals surface area contributed by atoms with Crippen molar-refractivity contribution < 1.29 is 32.2 Å². The number of hydrogen-bond acceptors (Lipinski definition) is 6. The molecule has 14 heteroatoms. The molecular formula is C24H26F4N6O3S. The molecule has 3 N–H and O–H groups in total. The molecular weight excluding hydrogens is 528 g/mol. The predicted molar refractivity (Wildman–Crippen MR) is 134 cm³/mol. The summed E-state index contributed by atoms with van der Waals surface area (Å²) in [5, 5.41) is 19.3. The Labute approximate surface area is 221 Å². The average Bonchev–Trinajstić information content (AvgIpc) is 3.36. The van der Waals surface area contributed by atoms with Crippen LogP contribution in [0.1, 0.15) is 32.3 Å². The Bertz CT molecular complexity index is 1230. The van der Waals surface area contributed by atoms with Crippen molar-refractivity contribution in [3.05, 3.63) is 78.1 Å². The van der Waals surface area contributed by atoms with E-state index in [1.165, 1.54) is 36.4 Å². The van der Waals surface area contributed by atoms with Crippen LogP contribution >= 0.6 is 12.2 Å². The molecule has 1 aromatic heterocycles. The first-order chi connectivity index (χ1) is 18.0. The summed E-state index contributed by atoms with van der Waals surface area (Å²) in [6.45, 7) is 2.67. The van der Waals surface area contributed by atoms with Gasteiger partial charge >= 0.3 is 6.09 Å². The summed E-state index contributed by atoms with van der Waals surface area (Å²) in [6.07, 6.45) is -0.365. The number of amides is 1. The number of thiocarbonyl (C=S) groups is 1. The number of halogens is 4. The molecule has 3 rings (SSSR count). The first kappa shape index (κ1) is 28.8. The van der Waals surface area contributed by atoms with Crippen LogP contribution in [-0.4, -0.2) is 48.5 Å². The van der Waals surface area contributed by atoms with Crippen molar-refractivity contribution in [3.8, 4) is 0 Å². The van der Waals surface area contributed by atoms with Gasteiger partial charge < -0.3 is 15.2 Å². The summed E-state index contributed by atoms with van der Waals surface area (Å²) >= 11 is 5.43. The van der Waals surface area contributed by atoms with Gasteiger partial charge in [-0.15, -0.1) is 0 Å². The highest BCUT2D eigenvalue weighted by Crippen LogP contribution is 2.32. The molecule has 0 aliphatic rings. The summed E-state index contributed by atoms with van der Waals surface area (Å²) in [6, 6.07) is 6.33. The first-order valence-electron chi connectivity index (χ1n) is 11.5. The number of benzene rings is 2. The average molecular weight is 555 g/mol. The minimum absolute atomic E-state index is 0.0573. The van der Waals surface area contributed by atoms with Gasteiger partial charge in [-0.25, -0.2) is 37.4 Å². The van der Waals surface area contributed by atoms with Gasteiger partial charge in [-0.3, -0.25) is 5.01 Å². The molecule has 204 valence electrons. The quantitative estimate of drug-likeness (QED) is 0.203. The number of alkyl halides is 1. The molecule has 9 nitrogen and oxygen atoms in total. The van der Waals surface area contributed by atoms with E-state index in [9.17, 15) is 27.5 Å². The van der Waals surface area contributed by atoms with Crippen LogP contribution < -0.4 is 10.7 Å². The second-order valence-electron chi connectivity index (χ2n) is 8.34. The second kappa shape index (κ2) is 12.6. The van der Waals surface area contributed by atoms with E-state index in [1.54, 1.807) is 6.92 Å². The molecule has 1 amide bonds. The van der Waals surface area contributed by atoms with E-state index in [0.29, 0.717) is 18.2 Å². The third kappa shape index (κ3) is 7.16. The first-order valence-corrected chi connectivity index (χ1v) is 11.9. The molecule has 0 saturated carbocycles. The third-order valence-electron chi connectivity index (χ3n) is 5.62. The lowest BCUT2D eigenvalue weighted by atomic mass is 9.86. The number of carbonyl (C=O) groups is 1. The standard InChI is InChI=1S/C24H26F4N6O3S/c1-3-4-21(28)37-23(35)32-34(22(38)31-18-8-5-16(25)6-9-18)15(2)24(36,12-33-14-29-13-30-33)19-10-7-17(26)11-20(19)27/h5-11,13-15,21,36H,3-4,12H2,1-2H3,(H,31,38)(H,32,35)/t15-,21?,24-/m1/s1. The predicted octanol–water partition coefficient (Wildman–Crippen LogP) is 4.41. The molecule has 3 atom stereocenters. The van der Waals surface area contributed by atoms with E-state index >= 15 is 0 Å². The Hall–Kier alpha value is -3.78. The zero-order chi connectivity index (χ0) is 27.9. The molecule has 0 aliphatic heterocycles. The molecule has 1 unspecified atom stereocenters. The summed E-state index contributed by atoms with van der Waals surface area (Å²) in [4.78, 5) is 16.4. The smallest absolute Gasteiger partial charge is 0.414 e. The fourth-order valence-corrected chi connectivity index (χ4v) is 3.95. The van der Waals surface area contributed by atoms with Crippen LogP contribution in [-0.2, 0) is 16.9 Å². The largest absolute Gasteiger partial charge is 0.428 e. The molecule has 0 radical (unpaired) electrons. The number of anilines is 1. The van der Waals surface area contributed by atoms with Crippen LogP contribution in [0.4, 0.5) is 28.0 Å². The van der Waals surface area contributed by atoms with Crippen LogP contribution in [0.15, 0.2) is 55.1 Å². The van der Waals surface area contributed by atoms with Crippen molar-refractivity contribution in [2.24, 2.45) is 0 Å². The highest BCUT2D eigenvalue weighted by atomic mass is 32.1. The summed E-state index contributed by atoms with van der Waals surface area (Å²) in [5.74, 6) is -2.46. The fraction of sp³-hybridized carbons (Fsp3) is 0.333. The Morgan fingerprint density at radius 3 is 2.50 bits per heavy atom. The summed E-state index contributed by atoms with van der Waals surface area (Å²) in [5.41, 5.74) is 0.0104. The van der Waals surface area contributed by atoms with Crippen molar-refractivity contribution in [3.63, 3.8) is 0 Å². The number of nitrogens with zero attached hydrogens (tertiary/aromatic N) is 4. The van der Waals surface area contributed by atoms with Crippen LogP contribution in [0.25, 0.3) is 0 Å². The van der Waals surface area contributed by atoms with Gasteiger partial charge in [0, 0.05) is 23.7 Å². The van der Waals surface area contributed by atoms with Gasteiger partial charge in [-0.05, 0) is 55.9 Å². The van der Waals surface area contributed by atoms with Crippen molar-refractivity contribution in [1.82, 2.24) is 25.2 Å². The van der Waals surface area contributed by atoms with E-state index in [4.69, 9.17) is 17.0 Å². The lowest BCUT2D eigenvalue weighted by Gasteiger charge is -2.41. The van der Waals surface area contributed by atoms with Crippen LogP contribution in [0, 0.1) is 17.5 Å². The maximum Gasteiger partial charge on any atom is 0.428 e. The summed E-state index contributed by atoms with van der Waals surface area (Å²) in [7, 11) is 0. The maximum atomic E-state index is 15.0. The van der Waals surface area contributed by atoms with E-state index in [2.05, 4.69) is 20.8 Å². The van der Waals surface area contributed by atoms with Crippen molar-refractivity contribution in [2.45, 2.75) is 51.2 Å². The number of aliphatic hydroxyl groups is 1. The molecule has 3 aromatic rings. The highest BCUT2D eigenvalue weighted by molar-refractivity contribution is 7.80. The lowest BCUT2D eigenvalue weighted by Crippen LogP contribution is -2.61. The van der Waals surface area contributed by atoms with Gasteiger partial charge in [0.05, 0.1) is 12.6 Å². The zero-order valence-electron chi connectivity index (χ0n) is 20.4. The molecule has 0 spiro atoms. The fourth-order valence-electron chi connectivity index (χ4n) is 3.62. The van der Waals surface area contributed by atoms with Gasteiger partial charge in [0.15, 0.2) is 5.11 Å². The van der Waals surface area contributed by atoms with Gasteiger partial charge in [0.1, 0.15) is 35.7 Å². The van der Waals surface area contributed by atoms with Gasteiger partial charge in [0.2, 0.25) is 6.36 Å². The topological polar surface area (TPSA) is 105 Å². The van der Waals surface area contributed by atoms with E-state index in [-0.39, 0.29) is 17.1 Å². The van der Waals surface area contributed by atoms with Crippen molar-refractivity contribution in [2.75, 3.05) is 5.32 Å². The Balaban J connectivity index is 2.01. The minimum atomic E-state index is -2.23. The number of carbonyl (C=O) groups excluding carboxylic acids is 1. The number of ether oxygens (including phenoxy) is 1. The van der Waals surface area contributed by atoms with Crippen LogP contribution in [0.5, 0.6) is 0 Å². The lowest BCUT2D eigenvalue weighted by molar-refractivity contribution is -0.0596. The SMILES string of the molecule is CCCC(F)OC(=O)NN(C(=S)Nc1ccc(F)cc1)[C@H](C)[C@](O)(Cn1cncn1)c1ccc(F)cc1F. The Kier molecular flexibility index (Phi) is 9.58. The number of nitrogens with one attached hydrogen (secondary N) is 2. The summed E-state index contributed by atoms with van der Waals surface area (Å²) < 4.78 is 62.0. The highest BCUT2D eigenvalue weighted by Gasteiger charge is 2.44. The molecule has 2 aromatic carbocycles. The van der Waals surface area contributed by atoms with E-state index in [1.807, 2.05) is 0 Å². The normalized spacial score (nSPS) is 14.2. The van der Waals surface area contributed by atoms with E-state index in [0.717, 1.165) is 29.3 Å². The monoisotopic (exact) mass is 554 g/mol. The molecule has 0 aliphatic carbocycles. The number of hydrazine groups is 1. The van der Waals surface area contributed by atoms with Gasteiger partial charge in [0.25, 0.3) is 0 Å². The molecule has 38 heavy (non-hydrogen) atoms. The third-order valence-corrected chi connectivity index (χ3v) is 5.92. The molecule has 0 bridgehead atoms. The molecule has 0 fully saturated rings. The van der Waals surface area contributed by atoms with Crippen molar-refractivity contribution >= 4 is 29.1 Å². The van der Waals surface area contributed by atoms with Gasteiger partial charge in [-0.1, -0.05) is 13.0 Å². The molecule has 1 heterocycles. The van der Waals surface area contributed by atoms with E-state index < -0.39 is 48.1 Å². The van der Waals surface area contributed by atoms with Gasteiger partial charge in [-0.2, -0.15) is 5.10 Å². The minimum Gasteiger partial charge on any atom is -0.414 e. The van der Waals surface area contributed by atoms with Crippen LogP contribution in [0.3, 0.4) is 0 Å². The molecule has 0 saturated heterocycles. The Morgan fingerprint density at radius 2 is 1.89 bits per heavy atom. The zero-order valence-corrected chi connectivity index (χ0v) is 21.3.